The molecule has 1 heterocycles. The number of ether oxygens (including phenoxy) is 1. The van der Waals surface area contributed by atoms with E-state index >= 15 is 0 Å². The van der Waals surface area contributed by atoms with Gasteiger partial charge in [0.25, 0.3) is 5.91 Å². The number of para-hydroxylation sites is 1. The molecule has 2 N–H and O–H groups in total. The molecular weight excluding hydrogens is 286 g/mol. The molecule has 0 bridgehead atoms. The molecule has 1 aliphatic heterocycles. The molecule has 1 aromatic carbocycles. The fourth-order valence-electron chi connectivity index (χ4n) is 2.34. The lowest BCUT2D eigenvalue weighted by Gasteiger charge is -2.34. The van der Waals surface area contributed by atoms with E-state index in [1.165, 1.54) is 0 Å². The number of likely N-dealkylation sites (N-methyl/N-ethyl adjacent to an activating group) is 1. The molecule has 0 atom stereocenters. The van der Waals surface area contributed by atoms with E-state index in [4.69, 9.17) is 22.7 Å². The minimum absolute atomic E-state index is 0.00324. The maximum Gasteiger partial charge on any atom is 0.260 e. The minimum atomic E-state index is 0.00324. The maximum atomic E-state index is 12.2. The zero-order valence-electron chi connectivity index (χ0n) is 12.2. The zero-order valence-corrected chi connectivity index (χ0v) is 13.1. The first-order valence-electron chi connectivity index (χ1n) is 7.13. The fraction of sp³-hybridized carbons (Fsp3) is 0.467. The molecule has 5 nitrogen and oxygen atoms in total. The number of piperazine rings is 1. The van der Waals surface area contributed by atoms with E-state index in [0.29, 0.717) is 11.3 Å². The van der Waals surface area contributed by atoms with Crippen molar-refractivity contribution >= 4 is 23.1 Å². The molecule has 0 aromatic heterocycles. The zero-order chi connectivity index (χ0) is 15.2. The molecule has 114 valence electrons. The molecule has 1 aromatic rings. The van der Waals surface area contributed by atoms with Gasteiger partial charge in [-0.25, -0.2) is 0 Å². The Morgan fingerprint density at radius 3 is 2.57 bits per heavy atom. The molecule has 1 aliphatic rings. The molecule has 2 rings (SSSR count). The molecule has 0 radical (unpaired) electrons. The third kappa shape index (κ3) is 4.15. The van der Waals surface area contributed by atoms with Gasteiger partial charge in [-0.05, 0) is 18.7 Å². The van der Waals surface area contributed by atoms with Gasteiger partial charge in [0.05, 0.1) is 5.56 Å². The predicted molar refractivity (Wildman–Crippen MR) is 86.5 cm³/mol. The van der Waals surface area contributed by atoms with E-state index in [1.54, 1.807) is 12.1 Å². The summed E-state index contributed by atoms with van der Waals surface area (Å²) in [5.74, 6) is 0.564. The first kappa shape index (κ1) is 15.7. The van der Waals surface area contributed by atoms with Crippen molar-refractivity contribution in [2.45, 2.75) is 6.92 Å². The van der Waals surface area contributed by atoms with Gasteiger partial charge in [-0.15, -0.1) is 0 Å². The van der Waals surface area contributed by atoms with E-state index in [-0.39, 0.29) is 17.5 Å². The molecule has 1 saturated heterocycles. The molecule has 0 saturated carbocycles. The summed E-state index contributed by atoms with van der Waals surface area (Å²) in [6.07, 6.45) is 0. The van der Waals surface area contributed by atoms with Gasteiger partial charge in [-0.1, -0.05) is 31.3 Å². The molecule has 0 unspecified atom stereocenters. The highest BCUT2D eigenvalue weighted by Crippen LogP contribution is 2.17. The molecule has 1 amide bonds. The normalized spacial score (nSPS) is 15.8. The number of amides is 1. The molecule has 0 aliphatic carbocycles. The van der Waals surface area contributed by atoms with E-state index in [1.807, 2.05) is 17.0 Å². The van der Waals surface area contributed by atoms with Crippen LogP contribution in [0.25, 0.3) is 0 Å². The van der Waals surface area contributed by atoms with Gasteiger partial charge >= 0.3 is 0 Å². The van der Waals surface area contributed by atoms with Crippen LogP contribution in [-0.4, -0.2) is 60.0 Å². The van der Waals surface area contributed by atoms with Crippen molar-refractivity contribution in [3.8, 4) is 5.75 Å². The second-order valence-corrected chi connectivity index (χ2v) is 5.40. The van der Waals surface area contributed by atoms with Crippen LogP contribution in [-0.2, 0) is 4.79 Å². The lowest BCUT2D eigenvalue weighted by molar-refractivity contribution is -0.135. The van der Waals surface area contributed by atoms with E-state index < -0.39 is 0 Å². The standard InChI is InChI=1S/C15H21N3O2S/c1-2-17-7-9-18(10-8-17)14(19)11-20-13-6-4-3-5-12(13)15(16)21/h3-6H,2,7-11H2,1H3,(H2,16,21). The lowest BCUT2D eigenvalue weighted by Crippen LogP contribution is -2.49. The van der Waals surface area contributed by atoms with Gasteiger partial charge < -0.3 is 20.3 Å². The lowest BCUT2D eigenvalue weighted by atomic mass is 10.2. The van der Waals surface area contributed by atoms with Crippen LogP contribution in [0.1, 0.15) is 12.5 Å². The molecule has 1 fully saturated rings. The van der Waals surface area contributed by atoms with Crippen molar-refractivity contribution in [1.29, 1.82) is 0 Å². The van der Waals surface area contributed by atoms with Crippen LogP contribution >= 0.6 is 12.2 Å². The Morgan fingerprint density at radius 1 is 1.29 bits per heavy atom. The van der Waals surface area contributed by atoms with Crippen LogP contribution in [0, 0.1) is 0 Å². The van der Waals surface area contributed by atoms with Crippen molar-refractivity contribution in [2.75, 3.05) is 39.3 Å². The summed E-state index contributed by atoms with van der Waals surface area (Å²) in [5.41, 5.74) is 6.31. The summed E-state index contributed by atoms with van der Waals surface area (Å²) in [6, 6.07) is 7.24. The number of nitrogens with two attached hydrogens (primary N) is 1. The quantitative estimate of drug-likeness (QED) is 0.818. The van der Waals surface area contributed by atoms with Crippen LogP contribution in [0.15, 0.2) is 24.3 Å². The molecular formula is C15H21N3O2S. The smallest absolute Gasteiger partial charge is 0.260 e. The van der Waals surface area contributed by atoms with Crippen molar-refractivity contribution in [3.05, 3.63) is 29.8 Å². The summed E-state index contributed by atoms with van der Waals surface area (Å²) in [7, 11) is 0. The van der Waals surface area contributed by atoms with Gasteiger partial charge in [0.2, 0.25) is 0 Å². The average molecular weight is 307 g/mol. The first-order valence-corrected chi connectivity index (χ1v) is 7.54. The first-order chi connectivity index (χ1) is 10.1. The maximum absolute atomic E-state index is 12.2. The van der Waals surface area contributed by atoms with E-state index in [2.05, 4.69) is 11.8 Å². The Labute approximate surface area is 130 Å². The van der Waals surface area contributed by atoms with Gasteiger partial charge in [0.1, 0.15) is 10.7 Å². The molecule has 21 heavy (non-hydrogen) atoms. The van der Waals surface area contributed by atoms with Crippen molar-refractivity contribution in [1.82, 2.24) is 9.80 Å². The number of carbonyl (C=O) groups is 1. The van der Waals surface area contributed by atoms with Crippen LogP contribution in [0.4, 0.5) is 0 Å². The van der Waals surface area contributed by atoms with Gasteiger partial charge in [-0.2, -0.15) is 0 Å². The summed E-state index contributed by atoms with van der Waals surface area (Å²) in [5, 5.41) is 0. The number of carbonyl (C=O) groups excluding carboxylic acids is 1. The molecule has 0 spiro atoms. The van der Waals surface area contributed by atoms with Crippen LogP contribution in [0.3, 0.4) is 0 Å². The summed E-state index contributed by atoms with van der Waals surface area (Å²) < 4.78 is 5.59. The number of benzene rings is 1. The highest BCUT2D eigenvalue weighted by molar-refractivity contribution is 7.80. The Hall–Kier alpha value is -1.66. The molecule has 6 heteroatoms. The number of thiocarbonyl (C=S) groups is 1. The highest BCUT2D eigenvalue weighted by Gasteiger charge is 2.20. The van der Waals surface area contributed by atoms with E-state index in [0.717, 1.165) is 32.7 Å². The second kappa shape index (κ2) is 7.38. The van der Waals surface area contributed by atoms with Crippen molar-refractivity contribution in [3.63, 3.8) is 0 Å². The summed E-state index contributed by atoms with van der Waals surface area (Å²) in [6.45, 7) is 6.54. The Bertz CT molecular complexity index is 513. The average Bonchev–Trinajstić information content (AvgIpc) is 2.52. The minimum Gasteiger partial charge on any atom is -0.483 e. The summed E-state index contributed by atoms with van der Waals surface area (Å²) in [4.78, 5) is 16.6. The van der Waals surface area contributed by atoms with Crippen molar-refractivity contribution < 1.29 is 9.53 Å². The Kier molecular flexibility index (Phi) is 5.52. The number of rotatable bonds is 5. The topological polar surface area (TPSA) is 58.8 Å². The largest absolute Gasteiger partial charge is 0.483 e. The Balaban J connectivity index is 1.89. The number of hydrogen-bond acceptors (Lipinski definition) is 4. The highest BCUT2D eigenvalue weighted by atomic mass is 32.1. The predicted octanol–water partition coefficient (Wildman–Crippen LogP) is 0.864. The van der Waals surface area contributed by atoms with E-state index in [9.17, 15) is 4.79 Å². The van der Waals surface area contributed by atoms with Gasteiger partial charge in [0.15, 0.2) is 6.61 Å². The van der Waals surface area contributed by atoms with Crippen LogP contribution < -0.4 is 10.5 Å². The second-order valence-electron chi connectivity index (χ2n) is 4.96. The monoisotopic (exact) mass is 307 g/mol. The van der Waals surface area contributed by atoms with Crippen molar-refractivity contribution in [2.24, 2.45) is 5.73 Å². The SMILES string of the molecule is CCN1CCN(C(=O)COc2ccccc2C(N)=S)CC1. The number of nitrogens with zero attached hydrogens (tertiary/aromatic N) is 2. The third-order valence-corrected chi connectivity index (χ3v) is 3.90. The van der Waals surface area contributed by atoms with Gasteiger partial charge in [-0.3, -0.25) is 4.79 Å². The van der Waals surface area contributed by atoms with Crippen LogP contribution in [0.5, 0.6) is 5.75 Å². The number of hydrogen-bond donors (Lipinski definition) is 1. The van der Waals surface area contributed by atoms with Crippen LogP contribution in [0.2, 0.25) is 0 Å². The summed E-state index contributed by atoms with van der Waals surface area (Å²) >= 11 is 4.98. The third-order valence-electron chi connectivity index (χ3n) is 3.68. The Morgan fingerprint density at radius 2 is 1.95 bits per heavy atom. The van der Waals surface area contributed by atoms with Gasteiger partial charge in [0, 0.05) is 26.2 Å². The fourth-order valence-corrected chi connectivity index (χ4v) is 2.51.